The van der Waals surface area contributed by atoms with Crippen molar-refractivity contribution in [2.24, 2.45) is 0 Å². The summed E-state index contributed by atoms with van der Waals surface area (Å²) in [5, 5.41) is 8.55. The quantitative estimate of drug-likeness (QED) is 0.801. The number of nitrogens with zero attached hydrogens (tertiary/aromatic N) is 2. The van der Waals surface area contributed by atoms with Crippen molar-refractivity contribution in [3.8, 4) is 6.07 Å². The summed E-state index contributed by atoms with van der Waals surface area (Å²) in [5.74, 6) is -0.690. The Balaban J connectivity index is 2.95. The second-order valence-electron chi connectivity index (χ2n) is 3.11. The van der Waals surface area contributed by atoms with Gasteiger partial charge in [0, 0.05) is 12.1 Å². The molecule has 0 heterocycles. The van der Waals surface area contributed by atoms with E-state index in [4.69, 9.17) is 5.26 Å². The molecule has 0 aliphatic heterocycles. The molecule has 0 bridgehead atoms. The smallest absolute Gasteiger partial charge is 0.254 e. The molecule has 0 aliphatic carbocycles. The predicted octanol–water partition coefficient (Wildman–Crippen LogP) is 2.57. The molecule has 0 fully saturated rings. The molecule has 16 heavy (non-hydrogen) atoms. The van der Waals surface area contributed by atoms with Gasteiger partial charge in [-0.1, -0.05) is 0 Å². The van der Waals surface area contributed by atoms with E-state index in [2.05, 4.69) is 15.9 Å². The third kappa shape index (κ3) is 2.80. The van der Waals surface area contributed by atoms with E-state index >= 15 is 0 Å². The highest BCUT2D eigenvalue weighted by atomic mass is 79.9. The van der Waals surface area contributed by atoms with Gasteiger partial charge in [0.15, 0.2) is 0 Å². The van der Waals surface area contributed by atoms with E-state index in [-0.39, 0.29) is 16.9 Å². The van der Waals surface area contributed by atoms with Crippen molar-refractivity contribution in [2.45, 2.75) is 6.92 Å². The third-order valence-corrected chi connectivity index (χ3v) is 2.70. The van der Waals surface area contributed by atoms with Crippen molar-refractivity contribution < 1.29 is 9.18 Å². The number of hydrogen-bond donors (Lipinski definition) is 0. The van der Waals surface area contributed by atoms with E-state index in [1.807, 2.05) is 6.07 Å². The van der Waals surface area contributed by atoms with Gasteiger partial charge < -0.3 is 4.90 Å². The minimum Gasteiger partial charge on any atom is -0.326 e. The number of amides is 1. The molecule has 1 amide bonds. The predicted molar refractivity (Wildman–Crippen MR) is 61.3 cm³/mol. The van der Waals surface area contributed by atoms with E-state index in [1.165, 1.54) is 23.1 Å². The molecule has 84 valence electrons. The fraction of sp³-hybridized carbons (Fsp3) is 0.273. The molecule has 0 N–H and O–H groups in total. The van der Waals surface area contributed by atoms with Gasteiger partial charge in [-0.2, -0.15) is 5.26 Å². The lowest BCUT2D eigenvalue weighted by molar-refractivity contribution is 0.0784. The van der Waals surface area contributed by atoms with Gasteiger partial charge in [-0.05, 0) is 41.1 Å². The largest absolute Gasteiger partial charge is 0.326 e. The van der Waals surface area contributed by atoms with Gasteiger partial charge >= 0.3 is 0 Å². The summed E-state index contributed by atoms with van der Waals surface area (Å²) >= 11 is 3.01. The van der Waals surface area contributed by atoms with Gasteiger partial charge in [0.05, 0.1) is 10.5 Å². The molecule has 0 spiro atoms. The first kappa shape index (κ1) is 12.7. The lowest BCUT2D eigenvalue weighted by atomic mass is 10.2. The van der Waals surface area contributed by atoms with Crippen LogP contribution in [0.4, 0.5) is 4.39 Å². The van der Waals surface area contributed by atoms with E-state index < -0.39 is 5.82 Å². The highest BCUT2D eigenvalue weighted by Crippen LogP contribution is 2.17. The topological polar surface area (TPSA) is 44.1 Å². The van der Waals surface area contributed by atoms with Gasteiger partial charge in [-0.3, -0.25) is 4.79 Å². The molecule has 0 unspecified atom stereocenters. The highest BCUT2D eigenvalue weighted by Gasteiger charge is 2.14. The summed E-state index contributed by atoms with van der Waals surface area (Å²) in [6.07, 6.45) is 0. The van der Waals surface area contributed by atoms with Crippen molar-refractivity contribution >= 4 is 21.8 Å². The zero-order valence-corrected chi connectivity index (χ0v) is 10.3. The number of halogens is 2. The molecule has 0 saturated heterocycles. The molecule has 0 aliphatic rings. The Kier molecular flexibility index (Phi) is 4.44. The standard InChI is InChI=1S/C11H10BrFN2O/c1-2-15(6-5-14)11(16)8-3-4-10(13)9(12)7-8/h3-4,7H,2,6H2,1H3. The van der Waals surface area contributed by atoms with Crippen LogP contribution in [0.1, 0.15) is 17.3 Å². The van der Waals surface area contributed by atoms with Crippen molar-refractivity contribution in [3.63, 3.8) is 0 Å². The molecule has 3 nitrogen and oxygen atoms in total. The average Bonchev–Trinajstić information content (AvgIpc) is 2.28. The first-order valence-corrected chi connectivity index (χ1v) is 5.50. The van der Waals surface area contributed by atoms with E-state index in [0.717, 1.165) is 0 Å². The Hall–Kier alpha value is -1.41. The number of carbonyl (C=O) groups is 1. The van der Waals surface area contributed by atoms with Crippen molar-refractivity contribution in [1.29, 1.82) is 5.26 Å². The minimum absolute atomic E-state index is 0.0321. The lowest BCUT2D eigenvalue weighted by Crippen LogP contribution is -2.31. The van der Waals surface area contributed by atoms with Gasteiger partial charge in [-0.25, -0.2) is 4.39 Å². The first-order valence-electron chi connectivity index (χ1n) is 4.71. The van der Waals surface area contributed by atoms with Crippen LogP contribution in [0.3, 0.4) is 0 Å². The Morgan fingerprint density at radius 3 is 2.81 bits per heavy atom. The first-order chi connectivity index (χ1) is 7.60. The van der Waals surface area contributed by atoms with Crippen LogP contribution >= 0.6 is 15.9 Å². The fourth-order valence-electron chi connectivity index (χ4n) is 1.22. The minimum atomic E-state index is -0.417. The van der Waals surface area contributed by atoms with Crippen LogP contribution in [0.2, 0.25) is 0 Å². The molecule has 0 aromatic heterocycles. The molecule has 0 atom stereocenters. The molecule has 1 rings (SSSR count). The van der Waals surface area contributed by atoms with Crippen LogP contribution in [0, 0.1) is 17.1 Å². The molecule has 1 aromatic rings. The van der Waals surface area contributed by atoms with E-state index in [0.29, 0.717) is 12.1 Å². The van der Waals surface area contributed by atoms with Crippen LogP contribution < -0.4 is 0 Å². The molecule has 0 radical (unpaired) electrons. The Labute approximate surface area is 102 Å². The fourth-order valence-corrected chi connectivity index (χ4v) is 1.60. The number of benzene rings is 1. The van der Waals surface area contributed by atoms with E-state index in [1.54, 1.807) is 6.92 Å². The zero-order chi connectivity index (χ0) is 12.1. The second kappa shape index (κ2) is 5.61. The number of nitriles is 1. The van der Waals surface area contributed by atoms with Crippen molar-refractivity contribution in [3.05, 3.63) is 34.1 Å². The molecule has 0 saturated carbocycles. The summed E-state index contributed by atoms with van der Waals surface area (Å²) in [6, 6.07) is 5.95. The maximum absolute atomic E-state index is 13.0. The number of rotatable bonds is 3. The van der Waals surface area contributed by atoms with Crippen molar-refractivity contribution in [1.82, 2.24) is 4.90 Å². The van der Waals surface area contributed by atoms with E-state index in [9.17, 15) is 9.18 Å². The van der Waals surface area contributed by atoms with Crippen LogP contribution in [-0.2, 0) is 0 Å². The van der Waals surface area contributed by atoms with Gasteiger partial charge in [-0.15, -0.1) is 0 Å². The summed E-state index contributed by atoms with van der Waals surface area (Å²) in [4.78, 5) is 13.2. The summed E-state index contributed by atoms with van der Waals surface area (Å²) in [7, 11) is 0. The van der Waals surface area contributed by atoms with Crippen LogP contribution in [0.15, 0.2) is 22.7 Å². The second-order valence-corrected chi connectivity index (χ2v) is 3.96. The summed E-state index contributed by atoms with van der Waals surface area (Å²) in [5.41, 5.74) is 0.366. The normalized spacial score (nSPS) is 9.62. The average molecular weight is 285 g/mol. The number of carbonyl (C=O) groups excluding carboxylic acids is 1. The Bertz CT molecular complexity index is 442. The van der Waals surface area contributed by atoms with Gasteiger partial charge in [0.1, 0.15) is 12.4 Å². The maximum atomic E-state index is 13.0. The van der Waals surface area contributed by atoms with Crippen LogP contribution in [-0.4, -0.2) is 23.9 Å². The van der Waals surface area contributed by atoms with Crippen LogP contribution in [0.5, 0.6) is 0 Å². The van der Waals surface area contributed by atoms with Crippen molar-refractivity contribution in [2.75, 3.05) is 13.1 Å². The Morgan fingerprint density at radius 2 is 2.31 bits per heavy atom. The molecular formula is C11H10BrFN2O. The zero-order valence-electron chi connectivity index (χ0n) is 8.70. The van der Waals surface area contributed by atoms with Crippen LogP contribution in [0.25, 0.3) is 0 Å². The van der Waals surface area contributed by atoms with Gasteiger partial charge in [0.25, 0.3) is 5.91 Å². The SMILES string of the molecule is CCN(CC#N)C(=O)c1ccc(F)c(Br)c1. The number of hydrogen-bond acceptors (Lipinski definition) is 2. The molecular weight excluding hydrogens is 275 g/mol. The highest BCUT2D eigenvalue weighted by molar-refractivity contribution is 9.10. The lowest BCUT2D eigenvalue weighted by Gasteiger charge is -2.17. The monoisotopic (exact) mass is 284 g/mol. The maximum Gasteiger partial charge on any atom is 0.254 e. The summed E-state index contributed by atoms with van der Waals surface area (Å²) in [6.45, 7) is 2.26. The van der Waals surface area contributed by atoms with Gasteiger partial charge in [0.2, 0.25) is 0 Å². The Morgan fingerprint density at radius 1 is 1.62 bits per heavy atom. The molecule has 5 heteroatoms. The summed E-state index contributed by atoms with van der Waals surface area (Å²) < 4.78 is 13.2. The molecule has 1 aromatic carbocycles. The third-order valence-electron chi connectivity index (χ3n) is 2.10.